The maximum atomic E-state index is 2.54. The van der Waals surface area contributed by atoms with Crippen LogP contribution in [0.1, 0.15) is 60.8 Å². The Morgan fingerprint density at radius 2 is 0.314 bits per heavy atom. The fourth-order valence-corrected chi connectivity index (χ4v) is 19.3. The Hall–Kier alpha value is -12.2. The summed E-state index contributed by atoms with van der Waals surface area (Å²) in [6.07, 6.45) is 6.18. The monoisotopic (exact) mass is 1310 g/mol. The van der Waals surface area contributed by atoms with Crippen LogP contribution in [-0.2, 0) is 21.7 Å². The third-order valence-electron chi connectivity index (χ3n) is 23.1. The molecular weight excluding hydrogens is 1230 g/mol. The van der Waals surface area contributed by atoms with Crippen LogP contribution in [0.4, 0.5) is 68.2 Å². The van der Waals surface area contributed by atoms with Crippen LogP contribution < -0.4 is 19.6 Å². The van der Waals surface area contributed by atoms with Crippen LogP contribution in [0.5, 0.6) is 0 Å². The number of rotatable bonds is 16. The van der Waals surface area contributed by atoms with Gasteiger partial charge in [-0.2, -0.15) is 0 Å². The maximum absolute atomic E-state index is 2.54. The highest BCUT2D eigenvalue weighted by Gasteiger charge is 2.69. The summed E-state index contributed by atoms with van der Waals surface area (Å²) in [7, 11) is 0. The summed E-state index contributed by atoms with van der Waals surface area (Å²) in [6, 6.07) is 146. The van der Waals surface area contributed by atoms with E-state index in [4.69, 9.17) is 0 Å². The number of hydrogen-bond donors (Lipinski definition) is 0. The van der Waals surface area contributed by atoms with Gasteiger partial charge < -0.3 is 19.6 Å². The van der Waals surface area contributed by atoms with Gasteiger partial charge in [-0.3, -0.25) is 0 Å². The van der Waals surface area contributed by atoms with Crippen molar-refractivity contribution in [2.45, 2.75) is 60.2 Å². The number of fused-ring (bicyclic) bond motifs is 4. The second-order valence-electron chi connectivity index (χ2n) is 29.0. The van der Waals surface area contributed by atoms with Gasteiger partial charge in [-0.25, -0.2) is 0 Å². The fraction of sp³-hybridized carbons (Fsp3) is 0.102. The first-order valence-electron chi connectivity index (χ1n) is 36.1. The third kappa shape index (κ3) is 10.4. The standard InChI is InChI=1S/C98H76N4/c1-5-33-79(34-6-1)99(91-45-21-29-71-25-13-17-41-87(71)91)83-57-49-75(50-58-83)95-65-96(76-51-59-84(60-52-76)100(80-35-7-2-8-36-80)92-46-22-30-72-26-14-18-42-88(72)92)68-97(66-95,77-53-61-85(62-54-77)101(81-37-9-3-10-38-81)93-47-23-31-73-27-15-19-43-89(73)93)70-98(67-95,69-96)78-55-63-86(64-56-78)102(82-39-11-4-12-40-82)94-48-24-32-74-28-16-20-44-90(74)94/h1-64H,65-70H2. The van der Waals surface area contributed by atoms with Gasteiger partial charge >= 0.3 is 0 Å². The Morgan fingerprint density at radius 1 is 0.147 bits per heavy atom. The molecule has 0 heterocycles. The topological polar surface area (TPSA) is 13.0 Å². The molecule has 0 aliphatic heterocycles. The highest BCUT2D eigenvalue weighted by molar-refractivity contribution is 6.02. The van der Waals surface area contributed by atoms with Gasteiger partial charge in [0.25, 0.3) is 0 Å². The van der Waals surface area contributed by atoms with Gasteiger partial charge in [0.05, 0.1) is 22.7 Å². The van der Waals surface area contributed by atoms with E-state index in [0.29, 0.717) is 0 Å². The predicted octanol–water partition coefficient (Wildman–Crippen LogP) is 26.6. The molecule has 102 heavy (non-hydrogen) atoms. The van der Waals surface area contributed by atoms with Crippen molar-refractivity contribution in [2.24, 2.45) is 0 Å². The maximum Gasteiger partial charge on any atom is 0.0540 e. The molecule has 0 unspecified atom stereocenters. The van der Waals surface area contributed by atoms with Crippen molar-refractivity contribution in [2.75, 3.05) is 19.6 Å². The average molecular weight is 1310 g/mol. The van der Waals surface area contributed by atoms with Crippen LogP contribution >= 0.6 is 0 Å². The molecule has 0 saturated heterocycles. The summed E-state index contributed by atoms with van der Waals surface area (Å²) in [6.45, 7) is 0. The molecule has 0 spiro atoms. The minimum Gasteiger partial charge on any atom is -0.310 e. The van der Waals surface area contributed by atoms with E-state index in [1.54, 1.807) is 0 Å². The van der Waals surface area contributed by atoms with Crippen molar-refractivity contribution in [3.05, 3.63) is 411 Å². The molecule has 16 aromatic rings. The van der Waals surface area contributed by atoms with E-state index >= 15 is 0 Å². The molecule has 4 bridgehead atoms. The minimum atomic E-state index is -0.239. The SMILES string of the molecule is c1ccc(N(c2ccc(C34CC5(c6ccc(N(c7ccccc7)c7cccc8ccccc78)cc6)CC(c6ccc(N(c7ccccc7)c7cccc8ccccc78)cc6)(C3)CC(c3ccc(N(c6ccccc6)c6cccc7ccccc67)cc3)(C4)C5)cc2)c2cccc3ccccc23)cc1. The van der Waals surface area contributed by atoms with Crippen molar-refractivity contribution in [3.63, 3.8) is 0 Å². The highest BCUT2D eigenvalue weighted by Crippen LogP contribution is 2.75. The molecule has 0 N–H and O–H groups in total. The molecule has 0 amide bonds. The van der Waals surface area contributed by atoms with Gasteiger partial charge in [0.2, 0.25) is 0 Å². The molecule has 0 atom stereocenters. The molecule has 16 aromatic carbocycles. The summed E-state index contributed by atoms with van der Waals surface area (Å²) in [5.74, 6) is 0. The van der Waals surface area contributed by atoms with E-state index in [-0.39, 0.29) is 21.7 Å². The molecule has 4 nitrogen and oxygen atoms in total. The van der Waals surface area contributed by atoms with Crippen molar-refractivity contribution in [3.8, 4) is 0 Å². The van der Waals surface area contributed by atoms with Crippen LogP contribution in [0.3, 0.4) is 0 Å². The lowest BCUT2D eigenvalue weighted by Gasteiger charge is -2.71. The number of hydrogen-bond acceptors (Lipinski definition) is 4. The molecule has 4 heteroatoms. The third-order valence-corrected chi connectivity index (χ3v) is 23.1. The number of anilines is 12. The zero-order valence-corrected chi connectivity index (χ0v) is 57.0. The zero-order chi connectivity index (χ0) is 67.7. The quantitative estimate of drug-likeness (QED) is 0.0956. The zero-order valence-electron chi connectivity index (χ0n) is 57.0. The summed E-state index contributed by atoms with van der Waals surface area (Å²) >= 11 is 0. The number of nitrogens with zero attached hydrogens (tertiary/aromatic N) is 4. The van der Waals surface area contributed by atoms with E-state index < -0.39 is 0 Å². The van der Waals surface area contributed by atoms with Crippen LogP contribution in [0.15, 0.2) is 388 Å². The Bertz CT molecular complexity index is 4950. The smallest absolute Gasteiger partial charge is 0.0540 e. The second-order valence-corrected chi connectivity index (χ2v) is 29.0. The van der Waals surface area contributed by atoms with E-state index in [0.717, 1.165) is 107 Å². The van der Waals surface area contributed by atoms with E-state index in [2.05, 4.69) is 408 Å². The van der Waals surface area contributed by atoms with Crippen molar-refractivity contribution in [1.82, 2.24) is 0 Å². The molecule has 488 valence electrons. The average Bonchev–Trinajstić information content (AvgIpc) is 0.664. The Morgan fingerprint density at radius 3 is 0.520 bits per heavy atom. The second kappa shape index (κ2) is 24.9. The lowest BCUT2D eigenvalue weighted by Crippen LogP contribution is -2.67. The minimum absolute atomic E-state index is 0.239. The Labute approximate surface area is 597 Å². The molecule has 0 aromatic heterocycles. The fourth-order valence-electron chi connectivity index (χ4n) is 19.3. The van der Waals surface area contributed by atoms with Crippen LogP contribution in [0.25, 0.3) is 43.1 Å². The van der Waals surface area contributed by atoms with Crippen LogP contribution in [0, 0.1) is 0 Å². The van der Waals surface area contributed by atoms with Gasteiger partial charge in [-0.15, -0.1) is 0 Å². The summed E-state index contributed by atoms with van der Waals surface area (Å²) < 4.78 is 0. The highest BCUT2D eigenvalue weighted by atomic mass is 15.2. The van der Waals surface area contributed by atoms with Gasteiger partial charge in [-0.05, 0) is 225 Å². The largest absolute Gasteiger partial charge is 0.310 e. The first kappa shape index (κ1) is 60.9. The van der Waals surface area contributed by atoms with Gasteiger partial charge in [0.1, 0.15) is 0 Å². The van der Waals surface area contributed by atoms with Gasteiger partial charge in [-0.1, -0.05) is 267 Å². The van der Waals surface area contributed by atoms with Crippen LogP contribution in [0.2, 0.25) is 0 Å². The Kier molecular flexibility index (Phi) is 14.9. The van der Waals surface area contributed by atoms with Crippen molar-refractivity contribution in [1.29, 1.82) is 0 Å². The van der Waals surface area contributed by atoms with Gasteiger partial charge in [0, 0.05) is 67.0 Å². The normalized spacial score (nSPS) is 18.9. The van der Waals surface area contributed by atoms with Crippen LogP contribution in [-0.4, -0.2) is 0 Å². The molecule has 4 saturated carbocycles. The summed E-state index contributed by atoms with van der Waals surface area (Å²) in [5.41, 5.74) is 18.5. The molecule has 4 aliphatic rings. The summed E-state index contributed by atoms with van der Waals surface area (Å²) in [4.78, 5) is 9.86. The number of para-hydroxylation sites is 4. The molecule has 4 fully saturated rings. The summed E-state index contributed by atoms with van der Waals surface area (Å²) in [5, 5.41) is 9.78. The van der Waals surface area contributed by atoms with E-state index in [1.165, 1.54) is 65.3 Å². The molecule has 4 aliphatic carbocycles. The van der Waals surface area contributed by atoms with Crippen molar-refractivity contribution >= 4 is 111 Å². The molecule has 0 radical (unpaired) electrons. The lowest BCUT2D eigenvalue weighted by molar-refractivity contribution is -0.0691. The van der Waals surface area contributed by atoms with Crippen molar-refractivity contribution < 1.29 is 0 Å². The molecule has 20 rings (SSSR count). The van der Waals surface area contributed by atoms with E-state index in [1.807, 2.05) is 0 Å². The molecular formula is C98H76N4. The van der Waals surface area contributed by atoms with E-state index in [9.17, 15) is 0 Å². The lowest BCUT2D eigenvalue weighted by atomic mass is 9.32. The Balaban J connectivity index is 0.809. The predicted molar refractivity (Wildman–Crippen MR) is 429 cm³/mol. The first-order valence-corrected chi connectivity index (χ1v) is 36.1. The number of benzene rings is 16. The first-order chi connectivity index (χ1) is 50.4. The van der Waals surface area contributed by atoms with Gasteiger partial charge in [0.15, 0.2) is 0 Å².